The second-order valence-corrected chi connectivity index (χ2v) is 11.6. The van der Waals surface area contributed by atoms with Crippen LogP contribution in [0.25, 0.3) is 11.0 Å². The van der Waals surface area contributed by atoms with Crippen LogP contribution in [0.15, 0.2) is 18.3 Å². The van der Waals surface area contributed by atoms with Crippen molar-refractivity contribution in [2.24, 2.45) is 5.41 Å². The van der Waals surface area contributed by atoms with Crippen molar-refractivity contribution in [1.29, 1.82) is 0 Å². The Labute approximate surface area is 214 Å². The number of nitrogens with zero attached hydrogens (tertiary/aromatic N) is 6. The third-order valence-corrected chi connectivity index (χ3v) is 9.08. The zero-order valence-electron chi connectivity index (χ0n) is 21.6. The first-order chi connectivity index (χ1) is 17.7. The predicted octanol–water partition coefficient (Wildman–Crippen LogP) is 3.48. The van der Waals surface area contributed by atoms with Gasteiger partial charge in [0.05, 0.1) is 11.7 Å². The standard InChI is InChI=1S/C28H41N7O/c36-26(24-6-5-23-25(31-24)21-29-27(32-23)35-13-3-1-2-4-14-35)30-22-7-15-33(16-8-22)19-20-34-17-11-28(9-10-28)12-18-34/h5-6,21-22H,1-4,7-20H2,(H,30,36). The van der Waals surface area contributed by atoms with E-state index in [0.29, 0.717) is 11.2 Å². The van der Waals surface area contributed by atoms with Gasteiger partial charge in [0.1, 0.15) is 11.2 Å². The summed E-state index contributed by atoms with van der Waals surface area (Å²) in [5, 5.41) is 3.22. The Bertz CT molecular complexity index is 1050. The lowest BCUT2D eigenvalue weighted by Crippen LogP contribution is -2.47. The van der Waals surface area contributed by atoms with Gasteiger partial charge in [-0.15, -0.1) is 0 Å². The van der Waals surface area contributed by atoms with Crippen molar-refractivity contribution in [3.8, 4) is 0 Å². The number of hydrogen-bond donors (Lipinski definition) is 1. The minimum Gasteiger partial charge on any atom is -0.348 e. The number of pyridine rings is 1. The summed E-state index contributed by atoms with van der Waals surface area (Å²) in [4.78, 5) is 34.3. The van der Waals surface area contributed by atoms with Crippen molar-refractivity contribution in [2.45, 2.75) is 70.3 Å². The lowest BCUT2D eigenvalue weighted by molar-refractivity contribution is 0.0896. The average molecular weight is 492 g/mol. The highest BCUT2D eigenvalue weighted by Crippen LogP contribution is 2.53. The molecule has 3 aliphatic heterocycles. The van der Waals surface area contributed by atoms with Gasteiger partial charge in [0.25, 0.3) is 5.91 Å². The van der Waals surface area contributed by atoms with E-state index in [1.54, 1.807) is 12.3 Å². The molecule has 1 spiro atoms. The van der Waals surface area contributed by atoms with E-state index in [9.17, 15) is 4.79 Å². The van der Waals surface area contributed by atoms with Crippen molar-refractivity contribution in [2.75, 3.05) is 57.3 Å². The van der Waals surface area contributed by atoms with E-state index in [1.165, 1.54) is 71.0 Å². The fraction of sp³-hybridized carbons (Fsp3) is 0.714. The minimum absolute atomic E-state index is 0.0886. The van der Waals surface area contributed by atoms with Crippen molar-refractivity contribution in [1.82, 2.24) is 30.1 Å². The van der Waals surface area contributed by atoms with Crippen LogP contribution in [-0.4, -0.2) is 89.1 Å². The minimum atomic E-state index is -0.0886. The summed E-state index contributed by atoms with van der Waals surface area (Å²) in [6, 6.07) is 3.93. The number of rotatable bonds is 6. The zero-order chi connectivity index (χ0) is 24.4. The molecule has 194 valence electrons. The molecule has 1 aliphatic carbocycles. The summed E-state index contributed by atoms with van der Waals surface area (Å²) < 4.78 is 0. The van der Waals surface area contributed by atoms with E-state index in [2.05, 4.69) is 30.0 Å². The molecule has 4 fully saturated rings. The second kappa shape index (κ2) is 10.6. The molecule has 4 aliphatic rings. The van der Waals surface area contributed by atoms with E-state index in [-0.39, 0.29) is 11.9 Å². The van der Waals surface area contributed by atoms with Gasteiger partial charge in [-0.05, 0) is 82.0 Å². The van der Waals surface area contributed by atoms with Crippen LogP contribution >= 0.6 is 0 Å². The summed E-state index contributed by atoms with van der Waals surface area (Å²) >= 11 is 0. The molecule has 2 aromatic rings. The molecule has 1 N–H and O–H groups in total. The molecule has 0 radical (unpaired) electrons. The Balaban J connectivity index is 0.973. The van der Waals surface area contributed by atoms with Crippen molar-refractivity contribution in [3.05, 3.63) is 24.0 Å². The molecule has 0 aromatic carbocycles. The quantitative estimate of drug-likeness (QED) is 0.663. The first kappa shape index (κ1) is 24.0. The van der Waals surface area contributed by atoms with E-state index in [4.69, 9.17) is 4.98 Å². The number of hydrogen-bond acceptors (Lipinski definition) is 7. The molecule has 6 rings (SSSR count). The van der Waals surface area contributed by atoms with Gasteiger partial charge in [-0.25, -0.2) is 15.0 Å². The first-order valence-corrected chi connectivity index (χ1v) is 14.3. The number of aromatic nitrogens is 3. The number of amides is 1. The highest BCUT2D eigenvalue weighted by molar-refractivity contribution is 5.94. The Hall–Kier alpha value is -2.32. The van der Waals surface area contributed by atoms with Gasteiger partial charge in [0.2, 0.25) is 5.95 Å². The molecule has 1 saturated carbocycles. The van der Waals surface area contributed by atoms with Crippen LogP contribution in [0, 0.1) is 5.41 Å². The Morgan fingerprint density at radius 2 is 1.53 bits per heavy atom. The van der Waals surface area contributed by atoms with Crippen molar-refractivity contribution >= 4 is 22.9 Å². The number of carbonyl (C=O) groups excluding carboxylic acids is 1. The van der Waals surface area contributed by atoms with Crippen LogP contribution in [0.2, 0.25) is 0 Å². The molecule has 8 heteroatoms. The Kier molecular flexibility index (Phi) is 7.07. The molecule has 0 bridgehead atoms. The van der Waals surface area contributed by atoms with Crippen LogP contribution in [0.4, 0.5) is 5.95 Å². The first-order valence-electron chi connectivity index (χ1n) is 14.3. The van der Waals surface area contributed by atoms with E-state index >= 15 is 0 Å². The second-order valence-electron chi connectivity index (χ2n) is 11.6. The van der Waals surface area contributed by atoms with Gasteiger partial charge in [-0.3, -0.25) is 4.79 Å². The lowest BCUT2D eigenvalue weighted by atomic mass is 9.94. The summed E-state index contributed by atoms with van der Waals surface area (Å²) in [6.07, 6.45) is 14.5. The van der Waals surface area contributed by atoms with Crippen LogP contribution in [0.1, 0.15) is 74.7 Å². The zero-order valence-corrected chi connectivity index (χ0v) is 21.6. The Morgan fingerprint density at radius 3 is 2.22 bits per heavy atom. The number of fused-ring (bicyclic) bond motifs is 1. The fourth-order valence-electron chi connectivity index (χ4n) is 6.23. The third-order valence-electron chi connectivity index (χ3n) is 9.08. The maximum absolute atomic E-state index is 12.9. The Morgan fingerprint density at radius 1 is 0.833 bits per heavy atom. The van der Waals surface area contributed by atoms with Crippen LogP contribution in [-0.2, 0) is 0 Å². The maximum atomic E-state index is 12.9. The average Bonchev–Trinajstić information content (AvgIpc) is 3.72. The van der Waals surface area contributed by atoms with Gasteiger partial charge < -0.3 is 20.0 Å². The molecular weight excluding hydrogens is 450 g/mol. The topological polar surface area (TPSA) is 77.5 Å². The molecule has 5 heterocycles. The van der Waals surface area contributed by atoms with Gasteiger partial charge in [-0.1, -0.05) is 12.8 Å². The number of likely N-dealkylation sites (tertiary alicyclic amines) is 2. The fourth-order valence-corrected chi connectivity index (χ4v) is 6.23. The third kappa shape index (κ3) is 5.65. The molecule has 2 aromatic heterocycles. The summed E-state index contributed by atoms with van der Waals surface area (Å²) in [7, 11) is 0. The maximum Gasteiger partial charge on any atom is 0.270 e. The molecule has 3 saturated heterocycles. The number of anilines is 1. The van der Waals surface area contributed by atoms with Gasteiger partial charge >= 0.3 is 0 Å². The largest absolute Gasteiger partial charge is 0.348 e. The van der Waals surface area contributed by atoms with Gasteiger partial charge in [-0.2, -0.15) is 0 Å². The van der Waals surface area contributed by atoms with E-state index in [1.807, 2.05) is 6.07 Å². The normalized spacial score (nSPS) is 23.6. The molecular formula is C28H41N7O. The molecule has 36 heavy (non-hydrogen) atoms. The molecule has 1 amide bonds. The molecule has 0 unspecified atom stereocenters. The van der Waals surface area contributed by atoms with Crippen LogP contribution < -0.4 is 10.2 Å². The summed E-state index contributed by atoms with van der Waals surface area (Å²) in [5.41, 5.74) is 2.70. The predicted molar refractivity (Wildman–Crippen MR) is 142 cm³/mol. The SMILES string of the molecule is O=C(NC1CCN(CCN2CCC3(CC2)CC3)CC1)c1ccc2nc(N3CCCCCC3)ncc2n1. The highest BCUT2D eigenvalue weighted by atomic mass is 16.1. The number of carbonyl (C=O) groups is 1. The van der Waals surface area contributed by atoms with Crippen molar-refractivity contribution < 1.29 is 4.79 Å². The smallest absolute Gasteiger partial charge is 0.270 e. The lowest BCUT2D eigenvalue weighted by Gasteiger charge is -2.36. The molecule has 8 nitrogen and oxygen atoms in total. The number of nitrogens with one attached hydrogen (secondary N) is 1. The van der Waals surface area contributed by atoms with Crippen molar-refractivity contribution in [3.63, 3.8) is 0 Å². The monoisotopic (exact) mass is 491 g/mol. The molecule has 0 atom stereocenters. The van der Waals surface area contributed by atoms with E-state index in [0.717, 1.165) is 62.4 Å². The number of piperidine rings is 2. The highest BCUT2D eigenvalue weighted by Gasteiger charge is 2.44. The van der Waals surface area contributed by atoms with E-state index < -0.39 is 0 Å². The van der Waals surface area contributed by atoms with Gasteiger partial charge in [0, 0.05) is 45.3 Å². The summed E-state index contributed by atoms with van der Waals surface area (Å²) in [5.74, 6) is 0.691. The summed E-state index contributed by atoms with van der Waals surface area (Å²) in [6.45, 7) is 9.05. The van der Waals surface area contributed by atoms with Crippen LogP contribution in [0.3, 0.4) is 0 Å². The van der Waals surface area contributed by atoms with Crippen LogP contribution in [0.5, 0.6) is 0 Å². The van der Waals surface area contributed by atoms with Gasteiger partial charge in [0.15, 0.2) is 0 Å².